The summed E-state index contributed by atoms with van der Waals surface area (Å²) in [6.07, 6.45) is 2.12. The van der Waals surface area contributed by atoms with Crippen molar-refractivity contribution in [3.8, 4) is 11.3 Å². The predicted octanol–water partition coefficient (Wildman–Crippen LogP) is 4.87. The molecule has 0 aliphatic carbocycles. The number of para-hydroxylation sites is 1. The Labute approximate surface area is 129 Å². The summed E-state index contributed by atoms with van der Waals surface area (Å²) >= 11 is 0. The third-order valence-electron chi connectivity index (χ3n) is 4.29. The molecule has 2 aromatic heterocycles. The van der Waals surface area contributed by atoms with Gasteiger partial charge in [0.1, 0.15) is 17.7 Å². The van der Waals surface area contributed by atoms with Gasteiger partial charge in [-0.2, -0.15) is 4.57 Å². The first-order chi connectivity index (χ1) is 10.8. The van der Waals surface area contributed by atoms with Gasteiger partial charge in [-0.25, -0.2) is 0 Å². The number of hydrogen-bond acceptors (Lipinski definition) is 1. The van der Waals surface area contributed by atoms with Gasteiger partial charge in [-0.1, -0.05) is 30.3 Å². The lowest BCUT2D eigenvalue weighted by Crippen LogP contribution is -2.34. The number of benzene rings is 2. The Balaban J connectivity index is 2.15. The Hall–Kier alpha value is -2.61. The topological polar surface area (TPSA) is 17.0 Å². The van der Waals surface area contributed by atoms with Crippen LogP contribution in [0, 0.1) is 6.92 Å². The molecule has 2 heteroatoms. The molecular weight excluding hydrogens is 270 g/mol. The summed E-state index contributed by atoms with van der Waals surface area (Å²) in [5.74, 6) is 0. The number of pyridine rings is 1. The van der Waals surface area contributed by atoms with Crippen molar-refractivity contribution >= 4 is 21.9 Å². The molecule has 108 valence electrons. The Bertz CT molecular complexity index is 982. The van der Waals surface area contributed by atoms with Crippen molar-refractivity contribution in [2.45, 2.75) is 20.4 Å². The average molecular weight is 288 g/mol. The van der Waals surface area contributed by atoms with Gasteiger partial charge in [0.25, 0.3) is 0 Å². The maximum absolute atomic E-state index is 6.20. The zero-order valence-electron chi connectivity index (χ0n) is 12.8. The molecule has 0 bridgehead atoms. The molecule has 4 rings (SSSR count). The Morgan fingerprint density at radius 1 is 0.909 bits per heavy atom. The van der Waals surface area contributed by atoms with E-state index in [9.17, 15) is 0 Å². The molecule has 2 aromatic carbocycles. The van der Waals surface area contributed by atoms with Crippen LogP contribution in [0.15, 0.2) is 65.2 Å². The van der Waals surface area contributed by atoms with E-state index in [1.165, 1.54) is 27.6 Å². The maximum atomic E-state index is 6.20. The summed E-state index contributed by atoms with van der Waals surface area (Å²) in [6.45, 7) is 5.25. The van der Waals surface area contributed by atoms with E-state index in [-0.39, 0.29) is 0 Å². The van der Waals surface area contributed by atoms with Gasteiger partial charge in [-0.15, -0.1) is 0 Å². The molecule has 0 atom stereocenters. The van der Waals surface area contributed by atoms with Crippen LogP contribution in [0.5, 0.6) is 0 Å². The molecule has 0 saturated carbocycles. The van der Waals surface area contributed by atoms with E-state index in [0.717, 1.165) is 17.7 Å². The van der Waals surface area contributed by atoms with E-state index < -0.39 is 0 Å². The molecule has 0 aliphatic heterocycles. The summed E-state index contributed by atoms with van der Waals surface area (Å²) in [4.78, 5) is 0. The summed E-state index contributed by atoms with van der Waals surface area (Å²) in [5.41, 5.74) is 5.56. The lowest BCUT2D eigenvalue weighted by Gasteiger charge is -2.06. The number of nitrogens with zero attached hydrogens (tertiary/aromatic N) is 1. The van der Waals surface area contributed by atoms with Gasteiger partial charge in [-0.3, -0.25) is 0 Å². The van der Waals surface area contributed by atoms with E-state index in [0.29, 0.717) is 0 Å². The van der Waals surface area contributed by atoms with Crippen molar-refractivity contribution in [3.05, 3.63) is 66.4 Å². The van der Waals surface area contributed by atoms with E-state index in [4.69, 9.17) is 4.42 Å². The van der Waals surface area contributed by atoms with Gasteiger partial charge in [0, 0.05) is 22.9 Å². The average Bonchev–Trinajstić information content (AvgIpc) is 2.93. The van der Waals surface area contributed by atoms with Crippen molar-refractivity contribution in [3.63, 3.8) is 0 Å². The van der Waals surface area contributed by atoms with Crippen molar-refractivity contribution < 1.29 is 8.98 Å². The van der Waals surface area contributed by atoms with Gasteiger partial charge in [-0.05, 0) is 31.5 Å². The van der Waals surface area contributed by atoms with Gasteiger partial charge in [0.15, 0.2) is 6.20 Å². The number of aromatic nitrogens is 1. The van der Waals surface area contributed by atoms with Crippen LogP contribution < -0.4 is 4.57 Å². The van der Waals surface area contributed by atoms with Crippen LogP contribution >= 0.6 is 0 Å². The minimum absolute atomic E-state index is 0.937. The highest BCUT2D eigenvalue weighted by Crippen LogP contribution is 2.36. The molecule has 2 nitrogen and oxygen atoms in total. The van der Waals surface area contributed by atoms with Gasteiger partial charge in [0.05, 0.1) is 5.56 Å². The smallest absolute Gasteiger partial charge is 0.216 e. The quantitative estimate of drug-likeness (QED) is 0.481. The SMILES string of the molecule is CC[n+]1ccccc1-c1c(C)ccc2c1oc1ccccc12. The van der Waals surface area contributed by atoms with E-state index >= 15 is 0 Å². The Morgan fingerprint density at radius 3 is 2.59 bits per heavy atom. The first kappa shape index (κ1) is 13.1. The van der Waals surface area contributed by atoms with Crippen LogP contribution in [0.25, 0.3) is 33.2 Å². The molecule has 4 aromatic rings. The molecule has 0 radical (unpaired) electrons. The second kappa shape index (κ2) is 4.99. The van der Waals surface area contributed by atoms with Gasteiger partial charge < -0.3 is 4.42 Å². The minimum Gasteiger partial charge on any atom is -0.455 e. The molecule has 0 aliphatic rings. The summed E-state index contributed by atoms with van der Waals surface area (Å²) in [7, 11) is 0. The zero-order chi connectivity index (χ0) is 15.1. The first-order valence-electron chi connectivity index (χ1n) is 7.69. The van der Waals surface area contributed by atoms with Crippen LogP contribution in [0.3, 0.4) is 0 Å². The normalized spacial score (nSPS) is 11.4. The number of aryl methyl sites for hydroxylation is 2. The fourth-order valence-electron chi connectivity index (χ4n) is 3.18. The van der Waals surface area contributed by atoms with Crippen molar-refractivity contribution in [2.75, 3.05) is 0 Å². The van der Waals surface area contributed by atoms with Crippen LogP contribution in [-0.4, -0.2) is 0 Å². The predicted molar refractivity (Wildman–Crippen MR) is 89.8 cm³/mol. The number of hydrogen-bond donors (Lipinski definition) is 0. The molecule has 22 heavy (non-hydrogen) atoms. The summed E-state index contributed by atoms with van der Waals surface area (Å²) in [6, 6.07) is 18.9. The van der Waals surface area contributed by atoms with Crippen LogP contribution in [0.1, 0.15) is 12.5 Å². The highest BCUT2D eigenvalue weighted by molar-refractivity contribution is 6.09. The second-order valence-corrected chi connectivity index (χ2v) is 5.60. The van der Waals surface area contributed by atoms with E-state index in [2.05, 4.69) is 67.1 Å². The van der Waals surface area contributed by atoms with E-state index in [1.54, 1.807) is 0 Å². The Kier molecular flexibility index (Phi) is 2.97. The Morgan fingerprint density at radius 2 is 1.73 bits per heavy atom. The first-order valence-corrected chi connectivity index (χ1v) is 7.69. The fraction of sp³-hybridized carbons (Fsp3) is 0.150. The van der Waals surface area contributed by atoms with Crippen LogP contribution in [0.4, 0.5) is 0 Å². The fourth-order valence-corrected chi connectivity index (χ4v) is 3.18. The lowest BCUT2D eigenvalue weighted by atomic mass is 10.0. The van der Waals surface area contributed by atoms with Gasteiger partial charge in [0.2, 0.25) is 5.69 Å². The molecule has 0 amide bonds. The third-order valence-corrected chi connectivity index (χ3v) is 4.29. The summed E-state index contributed by atoms with van der Waals surface area (Å²) < 4.78 is 8.46. The largest absolute Gasteiger partial charge is 0.455 e. The maximum Gasteiger partial charge on any atom is 0.216 e. The number of fused-ring (bicyclic) bond motifs is 3. The van der Waals surface area contributed by atoms with Crippen molar-refractivity contribution in [1.29, 1.82) is 0 Å². The zero-order valence-corrected chi connectivity index (χ0v) is 12.8. The highest BCUT2D eigenvalue weighted by Gasteiger charge is 2.20. The molecule has 2 heterocycles. The van der Waals surface area contributed by atoms with Crippen LogP contribution in [-0.2, 0) is 6.54 Å². The van der Waals surface area contributed by atoms with Crippen LogP contribution in [0.2, 0.25) is 0 Å². The molecular formula is C20H18NO+. The lowest BCUT2D eigenvalue weighted by molar-refractivity contribution is -0.682. The van der Waals surface area contributed by atoms with Crippen molar-refractivity contribution in [1.82, 2.24) is 0 Å². The van der Waals surface area contributed by atoms with Gasteiger partial charge >= 0.3 is 0 Å². The molecule has 0 fully saturated rings. The summed E-state index contributed by atoms with van der Waals surface area (Å²) in [5, 5.41) is 2.36. The molecule has 0 spiro atoms. The van der Waals surface area contributed by atoms with E-state index in [1.807, 2.05) is 12.1 Å². The molecule has 0 saturated heterocycles. The highest BCUT2D eigenvalue weighted by atomic mass is 16.3. The third kappa shape index (κ3) is 1.84. The second-order valence-electron chi connectivity index (χ2n) is 5.60. The standard InChI is InChI=1S/C20H18NO/c1-3-21-13-7-6-9-17(21)19-14(2)11-12-16-15-8-4-5-10-18(15)22-20(16)19/h4-13H,3H2,1-2H3/q+1. The number of rotatable bonds is 2. The molecule has 0 N–H and O–H groups in total. The molecule has 0 unspecified atom stereocenters. The number of furan rings is 1. The monoisotopic (exact) mass is 288 g/mol. The van der Waals surface area contributed by atoms with Crippen molar-refractivity contribution in [2.24, 2.45) is 0 Å². The minimum atomic E-state index is 0.937.